The molecule has 1 aromatic carbocycles. The van der Waals surface area contributed by atoms with Crippen LogP contribution in [0.4, 0.5) is 15.8 Å². The maximum atomic E-state index is 12.7. The van der Waals surface area contributed by atoms with Crippen LogP contribution in [0, 0.1) is 5.82 Å². The standard InChI is InChI=1S/C9H11FN2.H2/c10-6-1-4-8(11)9(5-6)12-7-2-3-7;/h1,4-5,7,12H,2-3,11H2;1H. The average Bonchev–Trinajstić information content (AvgIpc) is 2.81. The first kappa shape index (κ1) is 7.40. The first-order chi connectivity index (χ1) is 5.75. The fourth-order valence-electron chi connectivity index (χ4n) is 1.10. The highest BCUT2D eigenvalue weighted by atomic mass is 19.1. The highest BCUT2D eigenvalue weighted by Crippen LogP contribution is 2.28. The van der Waals surface area contributed by atoms with E-state index < -0.39 is 0 Å². The van der Waals surface area contributed by atoms with Gasteiger partial charge in [0.05, 0.1) is 11.4 Å². The minimum Gasteiger partial charge on any atom is -0.397 e. The number of benzene rings is 1. The van der Waals surface area contributed by atoms with Crippen molar-refractivity contribution in [1.29, 1.82) is 0 Å². The smallest absolute Gasteiger partial charge is 0.125 e. The lowest BCUT2D eigenvalue weighted by Gasteiger charge is -2.07. The topological polar surface area (TPSA) is 38.0 Å². The van der Waals surface area contributed by atoms with E-state index in [-0.39, 0.29) is 7.24 Å². The van der Waals surface area contributed by atoms with Crippen LogP contribution in [0.25, 0.3) is 0 Å². The summed E-state index contributed by atoms with van der Waals surface area (Å²) in [5.74, 6) is -0.243. The van der Waals surface area contributed by atoms with Crippen LogP contribution < -0.4 is 11.1 Å². The van der Waals surface area contributed by atoms with E-state index in [1.54, 1.807) is 6.07 Å². The molecule has 0 unspecified atom stereocenters. The molecule has 1 fully saturated rings. The monoisotopic (exact) mass is 168 g/mol. The lowest BCUT2D eigenvalue weighted by atomic mass is 10.2. The summed E-state index contributed by atoms with van der Waals surface area (Å²) >= 11 is 0. The van der Waals surface area contributed by atoms with E-state index in [4.69, 9.17) is 5.73 Å². The maximum Gasteiger partial charge on any atom is 0.125 e. The van der Waals surface area contributed by atoms with Crippen molar-refractivity contribution >= 4 is 11.4 Å². The van der Waals surface area contributed by atoms with Gasteiger partial charge in [-0.1, -0.05) is 0 Å². The largest absolute Gasteiger partial charge is 0.397 e. The van der Waals surface area contributed by atoms with E-state index in [1.165, 1.54) is 12.1 Å². The molecule has 1 aromatic rings. The Kier molecular flexibility index (Phi) is 1.64. The zero-order valence-corrected chi connectivity index (χ0v) is 6.68. The van der Waals surface area contributed by atoms with Gasteiger partial charge >= 0.3 is 0 Å². The van der Waals surface area contributed by atoms with Gasteiger partial charge in [-0.25, -0.2) is 4.39 Å². The molecule has 2 rings (SSSR count). The molecule has 12 heavy (non-hydrogen) atoms. The lowest BCUT2D eigenvalue weighted by Crippen LogP contribution is -2.04. The van der Waals surface area contributed by atoms with Gasteiger partial charge in [-0.15, -0.1) is 0 Å². The second-order valence-electron chi connectivity index (χ2n) is 3.15. The van der Waals surface area contributed by atoms with Gasteiger partial charge in [0.1, 0.15) is 5.82 Å². The summed E-state index contributed by atoms with van der Waals surface area (Å²) in [4.78, 5) is 0. The molecule has 2 nitrogen and oxygen atoms in total. The quantitative estimate of drug-likeness (QED) is 0.664. The van der Waals surface area contributed by atoms with Crippen LogP contribution >= 0.6 is 0 Å². The maximum absolute atomic E-state index is 12.7. The van der Waals surface area contributed by atoms with Gasteiger partial charge in [0.25, 0.3) is 0 Å². The molecule has 1 aliphatic carbocycles. The van der Waals surface area contributed by atoms with Gasteiger partial charge in [0, 0.05) is 7.47 Å². The third kappa shape index (κ3) is 1.49. The van der Waals surface area contributed by atoms with Crippen molar-refractivity contribution in [2.75, 3.05) is 11.1 Å². The van der Waals surface area contributed by atoms with Gasteiger partial charge < -0.3 is 11.1 Å². The SMILES string of the molecule is Nc1ccc(F)cc1NC1CC1.[HH]. The second kappa shape index (κ2) is 2.66. The van der Waals surface area contributed by atoms with Crippen LogP contribution in [0.1, 0.15) is 14.3 Å². The summed E-state index contributed by atoms with van der Waals surface area (Å²) in [5, 5.41) is 3.16. The number of halogens is 1. The van der Waals surface area contributed by atoms with Crippen molar-refractivity contribution in [2.45, 2.75) is 18.9 Å². The average molecular weight is 168 g/mol. The van der Waals surface area contributed by atoms with Gasteiger partial charge in [-0.3, -0.25) is 0 Å². The van der Waals surface area contributed by atoms with Crippen LogP contribution in [0.15, 0.2) is 18.2 Å². The first-order valence-electron chi connectivity index (χ1n) is 4.07. The van der Waals surface area contributed by atoms with Crippen molar-refractivity contribution in [3.63, 3.8) is 0 Å². The Morgan fingerprint density at radius 1 is 1.50 bits per heavy atom. The summed E-state index contributed by atoms with van der Waals surface area (Å²) in [6.07, 6.45) is 2.33. The number of nitrogen functional groups attached to an aromatic ring is 1. The molecule has 0 heterocycles. The summed E-state index contributed by atoms with van der Waals surface area (Å²) in [7, 11) is 0. The number of anilines is 2. The Balaban J connectivity index is 0.000000845. The number of hydrogen-bond acceptors (Lipinski definition) is 2. The highest BCUT2D eigenvalue weighted by Gasteiger charge is 2.21. The van der Waals surface area contributed by atoms with Gasteiger partial charge in [-0.2, -0.15) is 0 Å². The molecule has 3 N–H and O–H groups in total. The Hall–Kier alpha value is -1.25. The fraction of sp³-hybridized carbons (Fsp3) is 0.333. The van der Waals surface area contributed by atoms with E-state index in [9.17, 15) is 4.39 Å². The molecule has 0 aliphatic heterocycles. The molecule has 0 amide bonds. The minimum absolute atomic E-state index is 0. The Morgan fingerprint density at radius 2 is 2.25 bits per heavy atom. The van der Waals surface area contributed by atoms with E-state index in [1.807, 2.05) is 0 Å². The minimum atomic E-state index is -0.243. The van der Waals surface area contributed by atoms with E-state index in [0.29, 0.717) is 11.7 Å². The first-order valence-corrected chi connectivity index (χ1v) is 4.07. The third-order valence-electron chi connectivity index (χ3n) is 1.95. The van der Waals surface area contributed by atoms with Crippen LogP contribution in [-0.4, -0.2) is 6.04 Å². The van der Waals surface area contributed by atoms with E-state index >= 15 is 0 Å². The molecule has 66 valence electrons. The summed E-state index contributed by atoms with van der Waals surface area (Å²) in [6, 6.07) is 4.90. The molecular weight excluding hydrogens is 155 g/mol. The molecule has 0 bridgehead atoms. The molecule has 0 radical (unpaired) electrons. The summed E-state index contributed by atoms with van der Waals surface area (Å²) < 4.78 is 12.7. The third-order valence-corrected chi connectivity index (χ3v) is 1.95. The summed E-state index contributed by atoms with van der Waals surface area (Å²) in [6.45, 7) is 0. The van der Waals surface area contributed by atoms with Crippen LogP contribution in [0.3, 0.4) is 0 Å². The zero-order valence-electron chi connectivity index (χ0n) is 6.68. The highest BCUT2D eigenvalue weighted by molar-refractivity contribution is 5.66. The van der Waals surface area contributed by atoms with Gasteiger partial charge in [0.2, 0.25) is 0 Å². The van der Waals surface area contributed by atoms with E-state index in [2.05, 4.69) is 5.32 Å². The predicted octanol–water partition coefficient (Wildman–Crippen LogP) is 2.23. The van der Waals surface area contributed by atoms with Crippen molar-refractivity contribution in [3.05, 3.63) is 24.0 Å². The Bertz CT molecular complexity index is 300. The Morgan fingerprint density at radius 3 is 2.92 bits per heavy atom. The number of rotatable bonds is 2. The molecule has 0 saturated heterocycles. The molecule has 0 aromatic heterocycles. The van der Waals surface area contributed by atoms with Crippen LogP contribution in [0.2, 0.25) is 0 Å². The lowest BCUT2D eigenvalue weighted by molar-refractivity contribution is 0.628. The number of nitrogens with two attached hydrogens (primary N) is 1. The van der Waals surface area contributed by atoms with Crippen molar-refractivity contribution in [2.24, 2.45) is 0 Å². The molecule has 3 heteroatoms. The van der Waals surface area contributed by atoms with Crippen LogP contribution in [0.5, 0.6) is 0 Å². The molecule has 1 aliphatic rings. The van der Waals surface area contributed by atoms with Crippen molar-refractivity contribution in [3.8, 4) is 0 Å². The number of nitrogens with one attached hydrogen (secondary N) is 1. The molecule has 1 saturated carbocycles. The van der Waals surface area contributed by atoms with Gasteiger partial charge in [-0.05, 0) is 31.0 Å². The molecule has 0 atom stereocenters. The molecular formula is C9H13FN2. The second-order valence-corrected chi connectivity index (χ2v) is 3.15. The van der Waals surface area contributed by atoms with Crippen molar-refractivity contribution in [1.82, 2.24) is 0 Å². The van der Waals surface area contributed by atoms with Crippen molar-refractivity contribution < 1.29 is 5.82 Å². The Labute approximate surface area is 72.1 Å². The number of hydrogen-bond donors (Lipinski definition) is 2. The normalized spacial score (nSPS) is 16.1. The molecule has 0 spiro atoms. The van der Waals surface area contributed by atoms with E-state index in [0.717, 1.165) is 18.5 Å². The fourth-order valence-corrected chi connectivity index (χ4v) is 1.10. The van der Waals surface area contributed by atoms with Crippen LogP contribution in [-0.2, 0) is 0 Å². The van der Waals surface area contributed by atoms with Gasteiger partial charge in [0.15, 0.2) is 0 Å². The predicted molar refractivity (Wildman–Crippen MR) is 49.6 cm³/mol. The zero-order chi connectivity index (χ0) is 8.55. The summed E-state index contributed by atoms with van der Waals surface area (Å²) in [5.41, 5.74) is 6.97.